The van der Waals surface area contributed by atoms with Crippen molar-refractivity contribution in [2.45, 2.75) is 20.0 Å². The fourth-order valence-corrected chi connectivity index (χ4v) is 5.11. The van der Waals surface area contributed by atoms with Gasteiger partial charge in [0.2, 0.25) is 0 Å². The summed E-state index contributed by atoms with van der Waals surface area (Å²) in [5.41, 5.74) is 6.15. The van der Waals surface area contributed by atoms with Gasteiger partial charge in [-0.05, 0) is 60.5 Å². The molecule has 0 aliphatic rings. The summed E-state index contributed by atoms with van der Waals surface area (Å²) in [5.74, 6) is -0.166. The third-order valence-corrected chi connectivity index (χ3v) is 6.91. The lowest BCUT2D eigenvalue weighted by Crippen LogP contribution is -2.23. The maximum absolute atomic E-state index is 13.0. The molecule has 0 saturated heterocycles. The molecule has 0 atom stereocenters. The number of aromatic nitrogens is 4. The zero-order chi connectivity index (χ0) is 24.4. The molecule has 0 unspecified atom stereocenters. The number of aromatic amines is 1. The number of hydrogen-bond acceptors (Lipinski definition) is 4. The highest BCUT2D eigenvalue weighted by molar-refractivity contribution is 6.31. The van der Waals surface area contributed by atoms with Gasteiger partial charge in [0.05, 0.1) is 30.5 Å². The first-order chi connectivity index (χ1) is 17.5. The Labute approximate surface area is 210 Å². The summed E-state index contributed by atoms with van der Waals surface area (Å²) in [5, 5.41) is 20.2. The summed E-state index contributed by atoms with van der Waals surface area (Å²) in [4.78, 5) is 13.0. The Morgan fingerprint density at radius 1 is 1.00 bits per heavy atom. The Bertz CT molecular complexity index is 1930. The van der Waals surface area contributed by atoms with Crippen LogP contribution in [-0.2, 0) is 13.1 Å². The van der Waals surface area contributed by atoms with Gasteiger partial charge in [0.25, 0.3) is 5.91 Å². The molecule has 4 heterocycles. The zero-order valence-electron chi connectivity index (χ0n) is 19.3. The largest absolute Gasteiger partial charge is 0.455 e. The number of furan rings is 2. The van der Waals surface area contributed by atoms with E-state index in [0.717, 1.165) is 60.4 Å². The van der Waals surface area contributed by atoms with Gasteiger partial charge in [-0.25, -0.2) is 0 Å². The second-order valence-corrected chi connectivity index (χ2v) is 9.60. The topological polar surface area (TPSA) is 88.7 Å². The van der Waals surface area contributed by atoms with E-state index in [-0.39, 0.29) is 5.91 Å². The number of rotatable bonds is 5. The molecule has 7 nitrogen and oxygen atoms in total. The number of H-pyrrole nitrogens is 1. The smallest absolute Gasteiger partial charge is 0.251 e. The highest BCUT2D eigenvalue weighted by Crippen LogP contribution is 2.41. The van der Waals surface area contributed by atoms with Crippen LogP contribution in [0.5, 0.6) is 0 Å². The van der Waals surface area contributed by atoms with Gasteiger partial charge in [0, 0.05) is 43.7 Å². The molecule has 0 fully saturated rings. The first-order valence-corrected chi connectivity index (χ1v) is 12.0. The molecule has 0 aliphatic heterocycles. The van der Waals surface area contributed by atoms with E-state index in [4.69, 9.17) is 16.0 Å². The van der Waals surface area contributed by atoms with Crippen molar-refractivity contribution in [3.8, 4) is 0 Å². The van der Waals surface area contributed by atoms with Gasteiger partial charge >= 0.3 is 0 Å². The van der Waals surface area contributed by atoms with Gasteiger partial charge in [0.1, 0.15) is 11.2 Å². The van der Waals surface area contributed by atoms with Crippen LogP contribution in [0.4, 0.5) is 0 Å². The van der Waals surface area contributed by atoms with Gasteiger partial charge in [-0.1, -0.05) is 23.7 Å². The highest BCUT2D eigenvalue weighted by Gasteiger charge is 2.19. The van der Waals surface area contributed by atoms with Crippen LogP contribution in [0, 0.1) is 6.92 Å². The molecule has 2 bridgehead atoms. The molecule has 0 aliphatic carbocycles. The van der Waals surface area contributed by atoms with E-state index in [0.29, 0.717) is 23.7 Å². The molecule has 176 valence electrons. The Kier molecular flexibility index (Phi) is 4.56. The Hall–Kier alpha value is -4.36. The van der Waals surface area contributed by atoms with Crippen LogP contribution in [-0.4, -0.2) is 25.9 Å². The second kappa shape index (κ2) is 7.83. The summed E-state index contributed by atoms with van der Waals surface area (Å²) < 4.78 is 8.12. The second-order valence-electron chi connectivity index (χ2n) is 9.16. The minimum atomic E-state index is -0.166. The maximum Gasteiger partial charge on any atom is 0.251 e. The fraction of sp³-hybridized carbons (Fsp3) is 0.107. The number of carbonyl (C=O) groups is 1. The fourth-order valence-electron chi connectivity index (χ4n) is 4.94. The summed E-state index contributed by atoms with van der Waals surface area (Å²) >= 11 is 6.12. The van der Waals surface area contributed by atoms with Crippen LogP contribution in [0.2, 0.25) is 5.02 Å². The van der Waals surface area contributed by atoms with Crippen LogP contribution in [0.15, 0.2) is 71.4 Å². The van der Waals surface area contributed by atoms with Crippen LogP contribution in [0.1, 0.15) is 27.2 Å². The summed E-state index contributed by atoms with van der Waals surface area (Å²) in [6.45, 7) is 3.05. The van der Waals surface area contributed by atoms with Crippen molar-refractivity contribution in [1.29, 1.82) is 0 Å². The van der Waals surface area contributed by atoms with E-state index in [1.807, 2.05) is 54.3 Å². The number of benzene rings is 4. The molecule has 7 rings (SSSR count). The summed E-state index contributed by atoms with van der Waals surface area (Å²) in [6.07, 6.45) is 3.89. The molecular formula is C28H20ClN5O2. The molecule has 2 N–H and O–H groups in total. The standard InChI is InChI=1S/C28H20ClN5O2/c1-15-11-31-34(13-15)14-16-2-5-19-21(8-16)26-20-6-3-17(9-22(20)27(19)36-26)28(35)30-12-25-23-10-18(29)4-7-24(23)32-33-25/h2-11,13H,12,14H2,1H3,(H,30,35)(H,32,33). The van der Waals surface area contributed by atoms with Gasteiger partial charge in [-0.2, -0.15) is 10.2 Å². The van der Waals surface area contributed by atoms with Crippen molar-refractivity contribution in [2.75, 3.05) is 0 Å². The van der Waals surface area contributed by atoms with E-state index >= 15 is 0 Å². The van der Waals surface area contributed by atoms with Gasteiger partial charge < -0.3 is 9.73 Å². The lowest BCUT2D eigenvalue weighted by atomic mass is 10.00. The van der Waals surface area contributed by atoms with Crippen molar-refractivity contribution in [1.82, 2.24) is 25.3 Å². The first kappa shape index (κ1) is 21.0. The Morgan fingerprint density at radius 3 is 2.61 bits per heavy atom. The lowest BCUT2D eigenvalue weighted by molar-refractivity contribution is 0.0950. The monoisotopic (exact) mass is 493 g/mol. The predicted molar refractivity (Wildman–Crippen MR) is 141 cm³/mol. The van der Waals surface area contributed by atoms with E-state index in [2.05, 4.69) is 38.8 Å². The maximum atomic E-state index is 13.0. The summed E-state index contributed by atoms with van der Waals surface area (Å²) in [7, 11) is 0. The van der Waals surface area contributed by atoms with Gasteiger partial charge in [-0.3, -0.25) is 14.6 Å². The van der Waals surface area contributed by atoms with Crippen LogP contribution in [0.25, 0.3) is 43.6 Å². The predicted octanol–water partition coefficient (Wildman–Crippen LogP) is 6.19. The molecule has 0 saturated carbocycles. The average Bonchev–Trinajstić information content (AvgIpc) is 3.65. The van der Waals surface area contributed by atoms with Crippen molar-refractivity contribution in [3.63, 3.8) is 0 Å². The molecular weight excluding hydrogens is 474 g/mol. The molecule has 36 heavy (non-hydrogen) atoms. The molecule has 0 radical (unpaired) electrons. The minimum absolute atomic E-state index is 0.166. The number of carbonyl (C=O) groups excluding carboxylic acids is 1. The van der Waals surface area contributed by atoms with E-state index in [1.165, 1.54) is 0 Å². The number of amides is 1. The first-order valence-electron chi connectivity index (χ1n) is 11.6. The minimum Gasteiger partial charge on any atom is -0.455 e. The van der Waals surface area contributed by atoms with Gasteiger partial charge in [0.15, 0.2) is 0 Å². The molecule has 4 aromatic heterocycles. The Morgan fingerprint density at radius 2 is 1.81 bits per heavy atom. The molecule has 7 aromatic rings. The quantitative estimate of drug-likeness (QED) is 0.280. The normalized spacial score (nSPS) is 11.9. The number of halogens is 1. The zero-order valence-corrected chi connectivity index (χ0v) is 20.1. The number of aryl methyl sites for hydroxylation is 1. The number of nitrogens with zero attached hydrogens (tertiary/aromatic N) is 3. The Balaban J connectivity index is 1.17. The van der Waals surface area contributed by atoms with Crippen molar-refractivity contribution >= 4 is 61.1 Å². The third kappa shape index (κ3) is 3.31. The number of hydrogen-bond donors (Lipinski definition) is 2. The van der Waals surface area contributed by atoms with Crippen molar-refractivity contribution in [3.05, 3.63) is 94.4 Å². The molecule has 1 amide bonds. The SMILES string of the molecule is Cc1cnn(Cc2ccc3c(c2)c2oc3c3cc(C(=O)NCc4[nH]nc5ccc(Cl)cc45)ccc32)c1. The number of nitrogens with one attached hydrogen (secondary N) is 2. The van der Waals surface area contributed by atoms with Crippen LogP contribution in [0.3, 0.4) is 0 Å². The van der Waals surface area contributed by atoms with E-state index in [9.17, 15) is 4.79 Å². The van der Waals surface area contributed by atoms with Crippen molar-refractivity contribution < 1.29 is 9.21 Å². The van der Waals surface area contributed by atoms with Crippen LogP contribution >= 0.6 is 11.6 Å². The summed E-state index contributed by atoms with van der Waals surface area (Å²) in [6, 6.07) is 17.5. The van der Waals surface area contributed by atoms with E-state index in [1.54, 1.807) is 6.07 Å². The van der Waals surface area contributed by atoms with Gasteiger partial charge in [-0.15, -0.1) is 0 Å². The van der Waals surface area contributed by atoms with E-state index < -0.39 is 0 Å². The molecule has 3 aromatic carbocycles. The van der Waals surface area contributed by atoms with Crippen molar-refractivity contribution in [2.24, 2.45) is 0 Å². The van der Waals surface area contributed by atoms with Crippen LogP contribution < -0.4 is 5.32 Å². The molecule has 8 heteroatoms. The highest BCUT2D eigenvalue weighted by atomic mass is 35.5. The third-order valence-electron chi connectivity index (χ3n) is 6.68. The average molecular weight is 494 g/mol. The molecule has 0 spiro atoms. The number of fused-ring (bicyclic) bond motifs is 9. The lowest BCUT2D eigenvalue weighted by Gasteiger charge is -2.06.